The number of ether oxygens (including phenoxy) is 1. The summed E-state index contributed by atoms with van der Waals surface area (Å²) in [7, 11) is 0. The van der Waals surface area contributed by atoms with Crippen molar-refractivity contribution in [1.82, 2.24) is 0 Å². The molecule has 0 saturated carbocycles. The van der Waals surface area contributed by atoms with Gasteiger partial charge < -0.3 is 4.74 Å². The zero-order valence-electron chi connectivity index (χ0n) is 14.9. The van der Waals surface area contributed by atoms with Gasteiger partial charge in [0, 0.05) is 0 Å². The molecule has 0 heterocycles. The molecule has 0 N–H and O–H groups in total. The Kier molecular flexibility index (Phi) is 5.24. The summed E-state index contributed by atoms with van der Waals surface area (Å²) in [6, 6.07) is 22.2. The van der Waals surface area contributed by atoms with Crippen LogP contribution in [0.5, 0.6) is 5.75 Å². The maximum atomic E-state index is 5.93. The molecule has 0 aliphatic rings. The topological polar surface area (TPSA) is 34.0 Å². The Morgan fingerprint density at radius 2 is 1.52 bits per heavy atom. The highest BCUT2D eigenvalue weighted by molar-refractivity contribution is 5.48. The minimum absolute atomic E-state index is 0.561. The number of hydrogen-bond donors (Lipinski definition) is 0. The Morgan fingerprint density at radius 1 is 0.760 bits per heavy atom. The van der Waals surface area contributed by atoms with Crippen molar-refractivity contribution in [1.29, 1.82) is 0 Å². The third-order valence-corrected chi connectivity index (χ3v) is 4.06. The molecule has 0 amide bonds. The highest BCUT2D eigenvalue weighted by Crippen LogP contribution is 2.27. The molecule has 3 aromatic carbocycles. The van der Waals surface area contributed by atoms with Crippen molar-refractivity contribution in [3.63, 3.8) is 0 Å². The highest BCUT2D eigenvalue weighted by Gasteiger charge is 2.02. The second-order valence-electron chi connectivity index (χ2n) is 6.21. The average Bonchev–Trinajstić information content (AvgIpc) is 2.62. The van der Waals surface area contributed by atoms with Gasteiger partial charge in [0.25, 0.3) is 0 Å². The third-order valence-electron chi connectivity index (χ3n) is 4.06. The van der Waals surface area contributed by atoms with Crippen LogP contribution in [-0.2, 0) is 6.61 Å². The van der Waals surface area contributed by atoms with E-state index in [1.807, 2.05) is 56.3 Å². The van der Waals surface area contributed by atoms with Gasteiger partial charge in [0.2, 0.25) is 0 Å². The molecule has 25 heavy (non-hydrogen) atoms. The van der Waals surface area contributed by atoms with Crippen LogP contribution in [-0.4, -0.2) is 0 Å². The molecule has 0 aliphatic carbocycles. The Morgan fingerprint density at radius 3 is 2.24 bits per heavy atom. The van der Waals surface area contributed by atoms with E-state index >= 15 is 0 Å². The lowest BCUT2D eigenvalue weighted by molar-refractivity contribution is 0.304. The number of aryl methyl sites for hydroxylation is 3. The molecule has 0 bridgehead atoms. The van der Waals surface area contributed by atoms with E-state index in [4.69, 9.17) is 4.74 Å². The predicted molar refractivity (Wildman–Crippen MR) is 102 cm³/mol. The van der Waals surface area contributed by atoms with Crippen LogP contribution in [0.4, 0.5) is 11.4 Å². The molecule has 126 valence electrons. The van der Waals surface area contributed by atoms with E-state index in [-0.39, 0.29) is 0 Å². The second-order valence-corrected chi connectivity index (χ2v) is 6.21. The Bertz CT molecular complexity index is 883. The summed E-state index contributed by atoms with van der Waals surface area (Å²) in [4.78, 5) is 0. The number of nitrogens with zero attached hydrogens (tertiary/aromatic N) is 2. The first kappa shape index (κ1) is 16.9. The Hall–Kier alpha value is -2.94. The van der Waals surface area contributed by atoms with Crippen LogP contribution in [0.15, 0.2) is 77.0 Å². The summed E-state index contributed by atoms with van der Waals surface area (Å²) in [6.07, 6.45) is 0. The summed E-state index contributed by atoms with van der Waals surface area (Å²) < 4.78 is 5.93. The van der Waals surface area contributed by atoms with E-state index in [0.717, 1.165) is 33.8 Å². The standard InChI is InChI=1S/C22H22N2O/c1-16-8-10-19(11-9-16)15-25-22-13-12-20(14-18(22)3)23-24-21-7-5-4-6-17(21)2/h4-14H,15H2,1-3H3. The fraction of sp³-hybridized carbons (Fsp3) is 0.182. The second kappa shape index (κ2) is 7.75. The third kappa shape index (κ3) is 4.54. The summed E-state index contributed by atoms with van der Waals surface area (Å²) in [5.74, 6) is 0.871. The van der Waals surface area contributed by atoms with Crippen molar-refractivity contribution in [3.8, 4) is 5.75 Å². The van der Waals surface area contributed by atoms with Crippen molar-refractivity contribution < 1.29 is 4.74 Å². The van der Waals surface area contributed by atoms with Crippen LogP contribution in [0, 0.1) is 20.8 Å². The van der Waals surface area contributed by atoms with Gasteiger partial charge in [-0.25, -0.2) is 0 Å². The molecule has 0 saturated heterocycles. The number of hydrogen-bond acceptors (Lipinski definition) is 3. The maximum Gasteiger partial charge on any atom is 0.122 e. The van der Waals surface area contributed by atoms with Crippen LogP contribution in [0.25, 0.3) is 0 Å². The average molecular weight is 330 g/mol. The lowest BCUT2D eigenvalue weighted by Crippen LogP contribution is -1.96. The summed E-state index contributed by atoms with van der Waals surface area (Å²) >= 11 is 0. The Labute approximate surface area is 149 Å². The molecule has 3 nitrogen and oxygen atoms in total. The van der Waals surface area contributed by atoms with Crippen LogP contribution >= 0.6 is 0 Å². The van der Waals surface area contributed by atoms with E-state index in [1.54, 1.807) is 0 Å². The van der Waals surface area contributed by atoms with Gasteiger partial charge in [-0.2, -0.15) is 10.2 Å². The normalized spacial score (nSPS) is 11.0. The lowest BCUT2D eigenvalue weighted by Gasteiger charge is -2.09. The smallest absolute Gasteiger partial charge is 0.122 e. The van der Waals surface area contributed by atoms with Crippen LogP contribution < -0.4 is 4.74 Å². The van der Waals surface area contributed by atoms with E-state index in [9.17, 15) is 0 Å². The molecule has 3 rings (SSSR count). The molecule has 0 fully saturated rings. The molecular weight excluding hydrogens is 308 g/mol. The minimum atomic E-state index is 0.561. The van der Waals surface area contributed by atoms with Gasteiger partial charge in [0.1, 0.15) is 12.4 Å². The minimum Gasteiger partial charge on any atom is -0.489 e. The molecular formula is C22H22N2O. The molecule has 0 spiro atoms. The van der Waals surface area contributed by atoms with Gasteiger partial charge in [-0.05, 0) is 61.7 Å². The lowest BCUT2D eigenvalue weighted by atomic mass is 10.1. The zero-order valence-corrected chi connectivity index (χ0v) is 14.9. The summed E-state index contributed by atoms with van der Waals surface area (Å²) in [5, 5.41) is 8.67. The fourth-order valence-electron chi connectivity index (χ4n) is 2.49. The van der Waals surface area contributed by atoms with Crippen molar-refractivity contribution in [2.45, 2.75) is 27.4 Å². The number of benzene rings is 3. The van der Waals surface area contributed by atoms with Gasteiger partial charge in [-0.15, -0.1) is 0 Å². The number of rotatable bonds is 5. The molecule has 0 aliphatic heterocycles. The first-order chi connectivity index (χ1) is 12.1. The maximum absolute atomic E-state index is 5.93. The first-order valence-electron chi connectivity index (χ1n) is 8.38. The van der Waals surface area contributed by atoms with Gasteiger partial charge in [-0.1, -0.05) is 48.0 Å². The van der Waals surface area contributed by atoms with Gasteiger partial charge in [-0.3, -0.25) is 0 Å². The van der Waals surface area contributed by atoms with Crippen LogP contribution in [0.1, 0.15) is 22.3 Å². The van der Waals surface area contributed by atoms with E-state index < -0.39 is 0 Å². The number of azo groups is 1. The van der Waals surface area contributed by atoms with Crippen molar-refractivity contribution in [3.05, 3.63) is 89.0 Å². The van der Waals surface area contributed by atoms with Crippen molar-refractivity contribution in [2.75, 3.05) is 0 Å². The molecule has 3 aromatic rings. The summed E-state index contributed by atoms with van der Waals surface area (Å²) in [6.45, 7) is 6.70. The molecule has 3 heteroatoms. The zero-order chi connectivity index (χ0) is 17.6. The Balaban J connectivity index is 1.68. The van der Waals surface area contributed by atoms with Crippen LogP contribution in [0.3, 0.4) is 0 Å². The summed E-state index contributed by atoms with van der Waals surface area (Å²) in [5.41, 5.74) is 6.29. The van der Waals surface area contributed by atoms with Crippen LogP contribution in [0.2, 0.25) is 0 Å². The SMILES string of the molecule is Cc1ccc(COc2ccc(N=Nc3ccccc3C)cc2C)cc1. The fourth-order valence-corrected chi connectivity index (χ4v) is 2.49. The van der Waals surface area contributed by atoms with Crippen molar-refractivity contribution in [2.24, 2.45) is 10.2 Å². The highest BCUT2D eigenvalue weighted by atomic mass is 16.5. The van der Waals surface area contributed by atoms with Gasteiger partial charge >= 0.3 is 0 Å². The predicted octanol–water partition coefficient (Wildman–Crippen LogP) is 6.61. The quantitative estimate of drug-likeness (QED) is 0.485. The van der Waals surface area contributed by atoms with Gasteiger partial charge in [0.05, 0.1) is 11.4 Å². The van der Waals surface area contributed by atoms with E-state index in [2.05, 4.69) is 41.4 Å². The monoisotopic (exact) mass is 330 g/mol. The molecule has 0 unspecified atom stereocenters. The first-order valence-corrected chi connectivity index (χ1v) is 8.38. The molecule has 0 atom stereocenters. The largest absolute Gasteiger partial charge is 0.489 e. The van der Waals surface area contributed by atoms with E-state index in [1.165, 1.54) is 5.56 Å². The van der Waals surface area contributed by atoms with Gasteiger partial charge in [0.15, 0.2) is 0 Å². The van der Waals surface area contributed by atoms with E-state index in [0.29, 0.717) is 6.61 Å². The van der Waals surface area contributed by atoms with Crippen molar-refractivity contribution >= 4 is 11.4 Å². The molecule has 0 radical (unpaired) electrons. The molecule has 0 aromatic heterocycles.